The molecule has 158 valence electrons. The van der Waals surface area contributed by atoms with Crippen LogP contribution in [-0.2, 0) is 0 Å². The molecule has 1 amide bonds. The normalized spacial score (nSPS) is 14.1. The maximum absolute atomic E-state index is 13.0. The Labute approximate surface area is 179 Å². The number of amides is 1. The van der Waals surface area contributed by atoms with E-state index in [1.54, 1.807) is 43.8 Å². The minimum absolute atomic E-state index is 0.0280. The van der Waals surface area contributed by atoms with Crippen molar-refractivity contribution in [1.29, 1.82) is 0 Å². The van der Waals surface area contributed by atoms with E-state index in [4.69, 9.17) is 19.2 Å². The van der Waals surface area contributed by atoms with Gasteiger partial charge in [-0.3, -0.25) is 4.79 Å². The van der Waals surface area contributed by atoms with Crippen LogP contribution in [0, 0.1) is 0 Å². The van der Waals surface area contributed by atoms with E-state index < -0.39 is 0 Å². The van der Waals surface area contributed by atoms with Gasteiger partial charge in [-0.15, -0.1) is 0 Å². The highest BCUT2D eigenvalue weighted by atomic mass is 32.1. The summed E-state index contributed by atoms with van der Waals surface area (Å²) in [5.74, 6) is 2.03. The van der Waals surface area contributed by atoms with Crippen LogP contribution in [0.25, 0.3) is 10.2 Å². The van der Waals surface area contributed by atoms with Crippen LogP contribution in [-0.4, -0.2) is 62.8 Å². The van der Waals surface area contributed by atoms with Crippen molar-refractivity contribution < 1.29 is 19.0 Å². The third-order valence-corrected chi connectivity index (χ3v) is 6.22. The number of hydrogen-bond acceptors (Lipinski definition) is 7. The molecule has 0 bridgehead atoms. The summed E-state index contributed by atoms with van der Waals surface area (Å²) >= 11 is 1.66. The number of carbonyl (C=O) groups is 1. The molecule has 0 aliphatic carbocycles. The predicted octanol–water partition coefficient (Wildman–Crippen LogP) is 3.67. The Morgan fingerprint density at radius 1 is 1.03 bits per heavy atom. The molecule has 1 aliphatic rings. The van der Waals surface area contributed by atoms with Crippen LogP contribution in [0.3, 0.4) is 0 Å². The summed E-state index contributed by atoms with van der Waals surface area (Å²) in [6, 6.07) is 11.3. The van der Waals surface area contributed by atoms with Gasteiger partial charge in [0.25, 0.3) is 5.91 Å². The fraction of sp³-hybridized carbons (Fsp3) is 0.364. The molecular formula is C22H25N3O4S. The lowest BCUT2D eigenvalue weighted by molar-refractivity contribution is 0.0743. The molecule has 8 heteroatoms. The summed E-state index contributed by atoms with van der Waals surface area (Å²) in [5.41, 5.74) is 1.52. The maximum atomic E-state index is 13.0. The third-order valence-electron chi connectivity index (χ3n) is 5.14. The van der Waals surface area contributed by atoms with Crippen LogP contribution >= 0.6 is 11.3 Å². The van der Waals surface area contributed by atoms with Crippen molar-refractivity contribution >= 4 is 32.6 Å². The van der Waals surface area contributed by atoms with Crippen molar-refractivity contribution in [2.45, 2.75) is 6.92 Å². The number of fused-ring (bicyclic) bond motifs is 1. The molecule has 1 aromatic heterocycles. The quantitative estimate of drug-likeness (QED) is 0.598. The van der Waals surface area contributed by atoms with E-state index >= 15 is 0 Å². The van der Waals surface area contributed by atoms with Gasteiger partial charge >= 0.3 is 0 Å². The van der Waals surface area contributed by atoms with Crippen LogP contribution in [0.4, 0.5) is 5.13 Å². The minimum atomic E-state index is -0.0280. The van der Waals surface area contributed by atoms with Gasteiger partial charge in [0, 0.05) is 32.2 Å². The second kappa shape index (κ2) is 8.79. The summed E-state index contributed by atoms with van der Waals surface area (Å²) in [4.78, 5) is 21.9. The number of anilines is 1. The van der Waals surface area contributed by atoms with Crippen LogP contribution in [0.15, 0.2) is 36.4 Å². The van der Waals surface area contributed by atoms with E-state index in [9.17, 15) is 4.79 Å². The number of nitrogens with zero attached hydrogens (tertiary/aromatic N) is 3. The van der Waals surface area contributed by atoms with Crippen molar-refractivity contribution in [2.24, 2.45) is 0 Å². The molecule has 1 aliphatic heterocycles. The first kappa shape index (κ1) is 20.3. The zero-order chi connectivity index (χ0) is 21.1. The van der Waals surface area contributed by atoms with E-state index in [-0.39, 0.29) is 5.91 Å². The first-order valence-electron chi connectivity index (χ1n) is 9.92. The predicted molar refractivity (Wildman–Crippen MR) is 118 cm³/mol. The average Bonchev–Trinajstić information content (AvgIpc) is 3.22. The number of thiazole rings is 1. The molecular weight excluding hydrogens is 402 g/mol. The van der Waals surface area contributed by atoms with Gasteiger partial charge in [-0.25, -0.2) is 4.98 Å². The lowest BCUT2D eigenvalue weighted by Gasteiger charge is -2.34. The molecule has 0 N–H and O–H groups in total. The van der Waals surface area contributed by atoms with E-state index in [0.717, 1.165) is 34.2 Å². The van der Waals surface area contributed by atoms with Gasteiger partial charge in [0.2, 0.25) is 0 Å². The first-order chi connectivity index (χ1) is 14.6. The van der Waals surface area contributed by atoms with E-state index in [2.05, 4.69) is 4.90 Å². The Hall–Kier alpha value is -3.00. The highest BCUT2D eigenvalue weighted by Crippen LogP contribution is 2.32. The summed E-state index contributed by atoms with van der Waals surface area (Å²) in [6.07, 6.45) is 0. The standard InChI is InChI=1S/C22H25N3O4S/c1-4-29-16-6-8-18-20(14-16)30-22(23-18)25-11-9-24(10-12-25)21(26)17-7-5-15(27-2)13-19(17)28-3/h5-8,13-14H,4,9-12H2,1-3H3. The molecule has 1 fully saturated rings. The SMILES string of the molecule is CCOc1ccc2nc(N3CCN(C(=O)c4ccc(OC)cc4OC)CC3)sc2c1. The second-order valence-corrected chi connectivity index (χ2v) is 7.91. The van der Waals surface area contributed by atoms with E-state index in [1.165, 1.54) is 0 Å². The number of hydrogen-bond donors (Lipinski definition) is 0. The van der Waals surface area contributed by atoms with Gasteiger partial charge in [-0.05, 0) is 37.3 Å². The molecule has 1 saturated heterocycles. The maximum Gasteiger partial charge on any atom is 0.257 e. The average molecular weight is 428 g/mol. The Kier molecular flexibility index (Phi) is 5.94. The molecule has 2 heterocycles. The highest BCUT2D eigenvalue weighted by molar-refractivity contribution is 7.22. The topological polar surface area (TPSA) is 64.1 Å². The number of ether oxygens (including phenoxy) is 3. The van der Waals surface area contributed by atoms with Crippen LogP contribution in [0.5, 0.6) is 17.2 Å². The largest absolute Gasteiger partial charge is 0.497 e. The van der Waals surface area contributed by atoms with E-state index in [0.29, 0.717) is 36.8 Å². The van der Waals surface area contributed by atoms with Gasteiger partial charge < -0.3 is 24.0 Å². The highest BCUT2D eigenvalue weighted by Gasteiger charge is 2.26. The Balaban J connectivity index is 1.45. The van der Waals surface area contributed by atoms with Crippen LogP contribution in [0.2, 0.25) is 0 Å². The molecule has 7 nitrogen and oxygen atoms in total. The van der Waals surface area contributed by atoms with Gasteiger partial charge in [-0.2, -0.15) is 0 Å². The summed E-state index contributed by atoms with van der Waals surface area (Å²) in [6.45, 7) is 5.36. The summed E-state index contributed by atoms with van der Waals surface area (Å²) in [7, 11) is 3.16. The molecule has 3 aromatic rings. The Bertz CT molecular complexity index is 1040. The number of rotatable bonds is 6. The smallest absolute Gasteiger partial charge is 0.257 e. The lowest BCUT2D eigenvalue weighted by Crippen LogP contribution is -2.48. The molecule has 0 atom stereocenters. The minimum Gasteiger partial charge on any atom is -0.497 e. The van der Waals surface area contributed by atoms with Crippen LogP contribution in [0.1, 0.15) is 17.3 Å². The van der Waals surface area contributed by atoms with Crippen molar-refractivity contribution in [1.82, 2.24) is 9.88 Å². The zero-order valence-electron chi connectivity index (χ0n) is 17.4. The molecule has 30 heavy (non-hydrogen) atoms. The number of carbonyl (C=O) groups excluding carboxylic acids is 1. The van der Waals surface area contributed by atoms with Crippen LogP contribution < -0.4 is 19.1 Å². The van der Waals surface area contributed by atoms with Crippen molar-refractivity contribution in [3.05, 3.63) is 42.0 Å². The third kappa shape index (κ3) is 4.00. The molecule has 0 saturated carbocycles. The van der Waals surface area contributed by atoms with Crippen molar-refractivity contribution in [3.8, 4) is 17.2 Å². The Morgan fingerprint density at radius 2 is 1.80 bits per heavy atom. The van der Waals surface area contributed by atoms with Crippen molar-refractivity contribution in [2.75, 3.05) is 51.9 Å². The first-order valence-corrected chi connectivity index (χ1v) is 10.7. The lowest BCUT2D eigenvalue weighted by atomic mass is 10.1. The number of piperazine rings is 1. The fourth-order valence-electron chi connectivity index (χ4n) is 3.53. The number of methoxy groups -OCH3 is 2. The van der Waals surface area contributed by atoms with Gasteiger partial charge in [0.1, 0.15) is 17.2 Å². The summed E-state index contributed by atoms with van der Waals surface area (Å²) in [5, 5.41) is 0.979. The molecule has 2 aromatic carbocycles. The van der Waals surface area contributed by atoms with E-state index in [1.807, 2.05) is 30.0 Å². The molecule has 0 unspecified atom stereocenters. The monoisotopic (exact) mass is 427 g/mol. The van der Waals surface area contributed by atoms with Crippen molar-refractivity contribution in [3.63, 3.8) is 0 Å². The Morgan fingerprint density at radius 3 is 2.50 bits per heavy atom. The summed E-state index contributed by atoms with van der Waals surface area (Å²) < 4.78 is 17.3. The molecule has 0 spiro atoms. The number of aromatic nitrogens is 1. The zero-order valence-corrected chi connectivity index (χ0v) is 18.2. The van der Waals surface area contributed by atoms with Gasteiger partial charge in [0.15, 0.2) is 5.13 Å². The molecule has 4 rings (SSSR count). The van der Waals surface area contributed by atoms with Gasteiger partial charge in [-0.1, -0.05) is 11.3 Å². The molecule has 0 radical (unpaired) electrons. The second-order valence-electron chi connectivity index (χ2n) is 6.90. The van der Waals surface area contributed by atoms with Gasteiger partial charge in [0.05, 0.1) is 36.6 Å². The fourth-order valence-corrected chi connectivity index (χ4v) is 4.58. The number of benzene rings is 2.